The molecule has 10 heteroatoms. The zero-order chi connectivity index (χ0) is 18.6. The molecule has 0 radical (unpaired) electrons. The van der Waals surface area contributed by atoms with Crippen LogP contribution in [0.4, 0.5) is 5.69 Å². The average Bonchev–Trinajstić information content (AvgIpc) is 2.56. The number of sulfonamides is 1. The van der Waals surface area contributed by atoms with Gasteiger partial charge in [-0.15, -0.1) is 12.4 Å². The largest absolute Gasteiger partial charge is 0.495 e. The number of anilines is 1. The van der Waals surface area contributed by atoms with Crippen LogP contribution >= 0.6 is 12.4 Å². The molecule has 1 aromatic rings. The molecular weight excluding hydrogens is 380 g/mol. The minimum atomic E-state index is -3.68. The molecule has 1 fully saturated rings. The van der Waals surface area contributed by atoms with Crippen LogP contribution in [0.15, 0.2) is 23.1 Å². The molecule has 1 aromatic carbocycles. The van der Waals surface area contributed by atoms with Crippen molar-refractivity contribution in [3.63, 3.8) is 0 Å². The molecule has 1 aliphatic heterocycles. The van der Waals surface area contributed by atoms with E-state index in [2.05, 4.69) is 22.5 Å². The Labute approximate surface area is 161 Å². The third kappa shape index (κ3) is 5.31. The molecule has 1 atom stereocenters. The van der Waals surface area contributed by atoms with E-state index in [1.807, 2.05) is 0 Å². The van der Waals surface area contributed by atoms with E-state index in [-0.39, 0.29) is 41.5 Å². The fourth-order valence-electron chi connectivity index (χ4n) is 2.66. The predicted octanol–water partition coefficient (Wildman–Crippen LogP) is 0.600. The van der Waals surface area contributed by atoms with Crippen LogP contribution in [0.3, 0.4) is 0 Å². The zero-order valence-corrected chi connectivity index (χ0v) is 17.1. The smallest absolute Gasteiger partial charge is 0.246 e. The van der Waals surface area contributed by atoms with Crippen LogP contribution in [0.25, 0.3) is 0 Å². The third-order valence-corrected chi connectivity index (χ3v) is 6.03. The summed E-state index contributed by atoms with van der Waals surface area (Å²) in [4.78, 5) is 14.4. The van der Waals surface area contributed by atoms with Gasteiger partial charge in [0.25, 0.3) is 0 Å². The molecule has 26 heavy (non-hydrogen) atoms. The van der Waals surface area contributed by atoms with Gasteiger partial charge < -0.3 is 15.4 Å². The van der Waals surface area contributed by atoms with Gasteiger partial charge in [0, 0.05) is 45.5 Å². The lowest BCUT2D eigenvalue weighted by atomic mass is 10.2. The van der Waals surface area contributed by atoms with Gasteiger partial charge in [-0.2, -0.15) is 0 Å². The molecule has 2 N–H and O–H groups in total. The highest BCUT2D eigenvalue weighted by atomic mass is 35.5. The summed E-state index contributed by atoms with van der Waals surface area (Å²) < 4.78 is 31.1. The molecule has 0 bridgehead atoms. The van der Waals surface area contributed by atoms with Crippen molar-refractivity contribution in [2.24, 2.45) is 0 Å². The number of carbonyl (C=O) groups excluding carboxylic acids is 1. The maximum absolute atomic E-state index is 12.4. The number of ether oxygens (including phenoxy) is 1. The summed E-state index contributed by atoms with van der Waals surface area (Å²) in [6.45, 7) is 4.84. The fraction of sp³-hybridized carbons (Fsp3) is 0.562. The van der Waals surface area contributed by atoms with E-state index in [0.717, 1.165) is 23.9 Å². The molecule has 1 saturated heterocycles. The maximum Gasteiger partial charge on any atom is 0.246 e. The molecule has 1 heterocycles. The van der Waals surface area contributed by atoms with Crippen LogP contribution < -0.4 is 15.4 Å². The Morgan fingerprint density at radius 3 is 2.69 bits per heavy atom. The summed E-state index contributed by atoms with van der Waals surface area (Å²) in [6.07, 6.45) is 0. The molecular formula is C16H27ClN4O4S. The van der Waals surface area contributed by atoms with Crippen molar-refractivity contribution in [2.75, 3.05) is 52.7 Å². The van der Waals surface area contributed by atoms with E-state index in [9.17, 15) is 13.2 Å². The molecule has 1 amide bonds. The topological polar surface area (TPSA) is 91.0 Å². The van der Waals surface area contributed by atoms with E-state index >= 15 is 0 Å². The summed E-state index contributed by atoms with van der Waals surface area (Å²) in [5.74, 6) is 0.0644. The quantitative estimate of drug-likeness (QED) is 0.718. The first kappa shape index (κ1) is 22.7. The highest BCUT2D eigenvalue weighted by Gasteiger charge is 2.24. The van der Waals surface area contributed by atoms with Crippen molar-refractivity contribution in [1.29, 1.82) is 0 Å². The number of hydrogen-bond acceptors (Lipinski definition) is 6. The van der Waals surface area contributed by atoms with E-state index in [4.69, 9.17) is 4.74 Å². The van der Waals surface area contributed by atoms with Crippen molar-refractivity contribution < 1.29 is 17.9 Å². The standard InChI is InChI=1S/C16H26N4O4S.ClH/c1-12-10-17-7-8-20(12)11-16(21)18-13-5-6-14(24-4)15(9-13)25(22,23)19(2)3;/h5-6,9,12,17H,7-8,10-11H2,1-4H3,(H,18,21);1H/t12-;/m0./s1. The Kier molecular flexibility index (Phi) is 8.29. The first-order valence-corrected chi connectivity index (χ1v) is 9.55. The first-order chi connectivity index (χ1) is 11.8. The van der Waals surface area contributed by atoms with Crippen molar-refractivity contribution >= 4 is 34.0 Å². The molecule has 8 nitrogen and oxygen atoms in total. The van der Waals surface area contributed by atoms with Crippen LogP contribution in [-0.2, 0) is 14.8 Å². The van der Waals surface area contributed by atoms with Crippen LogP contribution in [-0.4, -0.2) is 77.0 Å². The molecule has 0 aromatic heterocycles. The molecule has 0 spiro atoms. The van der Waals surface area contributed by atoms with E-state index in [1.165, 1.54) is 27.3 Å². The Morgan fingerprint density at radius 2 is 2.12 bits per heavy atom. The summed E-state index contributed by atoms with van der Waals surface area (Å²) in [5.41, 5.74) is 0.425. The molecule has 2 rings (SSSR count). The van der Waals surface area contributed by atoms with Gasteiger partial charge >= 0.3 is 0 Å². The van der Waals surface area contributed by atoms with Gasteiger partial charge in [-0.3, -0.25) is 9.69 Å². The Hall–Kier alpha value is -1.39. The monoisotopic (exact) mass is 406 g/mol. The van der Waals surface area contributed by atoms with Gasteiger partial charge in [-0.05, 0) is 25.1 Å². The number of nitrogens with zero attached hydrogens (tertiary/aromatic N) is 2. The second-order valence-electron chi connectivity index (χ2n) is 6.22. The van der Waals surface area contributed by atoms with Gasteiger partial charge in [0.1, 0.15) is 10.6 Å². The van der Waals surface area contributed by atoms with Gasteiger partial charge in [0.05, 0.1) is 13.7 Å². The van der Waals surface area contributed by atoms with Crippen molar-refractivity contribution in [1.82, 2.24) is 14.5 Å². The van der Waals surface area contributed by atoms with Crippen LogP contribution in [0.5, 0.6) is 5.75 Å². The Bertz CT molecular complexity index is 727. The fourth-order valence-corrected chi connectivity index (χ4v) is 3.73. The zero-order valence-electron chi connectivity index (χ0n) is 15.5. The highest BCUT2D eigenvalue weighted by Crippen LogP contribution is 2.28. The van der Waals surface area contributed by atoms with Crippen molar-refractivity contribution in [3.05, 3.63) is 18.2 Å². The number of carbonyl (C=O) groups is 1. The first-order valence-electron chi connectivity index (χ1n) is 8.11. The lowest BCUT2D eigenvalue weighted by Crippen LogP contribution is -2.51. The van der Waals surface area contributed by atoms with Gasteiger partial charge in [-0.25, -0.2) is 12.7 Å². The second kappa shape index (κ2) is 9.52. The van der Waals surface area contributed by atoms with Crippen LogP contribution in [0.2, 0.25) is 0 Å². The minimum Gasteiger partial charge on any atom is -0.495 e. The summed E-state index contributed by atoms with van der Waals surface area (Å²) >= 11 is 0. The number of benzene rings is 1. The predicted molar refractivity (Wildman–Crippen MR) is 104 cm³/mol. The number of nitrogens with one attached hydrogen (secondary N) is 2. The average molecular weight is 407 g/mol. The molecule has 148 valence electrons. The highest BCUT2D eigenvalue weighted by molar-refractivity contribution is 7.89. The second-order valence-corrected chi connectivity index (χ2v) is 8.35. The van der Waals surface area contributed by atoms with Gasteiger partial charge in [0.2, 0.25) is 15.9 Å². The Morgan fingerprint density at radius 1 is 1.42 bits per heavy atom. The summed E-state index contributed by atoms with van der Waals surface area (Å²) in [7, 11) is 0.636. The Balaban J connectivity index is 0.00000338. The van der Waals surface area contributed by atoms with E-state index in [1.54, 1.807) is 12.1 Å². The molecule has 0 aliphatic carbocycles. The number of methoxy groups -OCH3 is 1. The normalized spacial score (nSPS) is 18.3. The summed E-state index contributed by atoms with van der Waals surface area (Å²) in [6, 6.07) is 4.87. The number of rotatable bonds is 6. The number of piperazine rings is 1. The third-order valence-electron chi connectivity index (χ3n) is 4.19. The number of halogens is 1. The van der Waals surface area contributed by atoms with Gasteiger partial charge in [0.15, 0.2) is 0 Å². The van der Waals surface area contributed by atoms with Gasteiger partial charge in [-0.1, -0.05) is 0 Å². The molecule has 1 aliphatic rings. The summed E-state index contributed by atoms with van der Waals surface area (Å²) in [5, 5.41) is 6.05. The van der Waals surface area contributed by atoms with Crippen molar-refractivity contribution in [3.8, 4) is 5.75 Å². The maximum atomic E-state index is 12.4. The number of hydrogen-bond donors (Lipinski definition) is 2. The molecule has 0 unspecified atom stereocenters. The van der Waals surface area contributed by atoms with Crippen LogP contribution in [0, 0.1) is 0 Å². The van der Waals surface area contributed by atoms with E-state index in [0.29, 0.717) is 5.69 Å². The SMILES string of the molecule is COc1ccc(NC(=O)CN2CCNC[C@@H]2C)cc1S(=O)(=O)N(C)C.Cl. The minimum absolute atomic E-state index is 0. The lowest BCUT2D eigenvalue weighted by molar-refractivity contribution is -0.118. The molecule has 0 saturated carbocycles. The van der Waals surface area contributed by atoms with E-state index < -0.39 is 10.0 Å². The lowest BCUT2D eigenvalue weighted by Gasteiger charge is -2.33. The van der Waals surface area contributed by atoms with Crippen LogP contribution in [0.1, 0.15) is 6.92 Å². The number of amides is 1. The van der Waals surface area contributed by atoms with Crippen molar-refractivity contribution in [2.45, 2.75) is 17.9 Å².